The second-order valence-electron chi connectivity index (χ2n) is 8.60. The lowest BCUT2D eigenvalue weighted by molar-refractivity contribution is 0.0737. The highest BCUT2D eigenvalue weighted by atomic mass is 35.5. The Morgan fingerprint density at radius 3 is 2.32 bits per heavy atom. The van der Waals surface area contributed by atoms with Gasteiger partial charge in [-0.05, 0) is 54.6 Å². The number of nitrogens with zero attached hydrogens (tertiary/aromatic N) is 4. The molecule has 0 bridgehead atoms. The van der Waals surface area contributed by atoms with E-state index in [0.29, 0.717) is 65.5 Å². The van der Waals surface area contributed by atoms with Gasteiger partial charge in [-0.1, -0.05) is 23.7 Å². The Morgan fingerprint density at radius 1 is 0.919 bits per heavy atom. The summed E-state index contributed by atoms with van der Waals surface area (Å²) in [4.78, 5) is 17.5. The molecule has 2 heterocycles. The number of rotatable bonds is 6. The van der Waals surface area contributed by atoms with Crippen LogP contribution in [0.15, 0.2) is 72.8 Å². The van der Waals surface area contributed by atoms with Gasteiger partial charge in [-0.15, -0.1) is 0 Å². The van der Waals surface area contributed by atoms with Crippen LogP contribution in [0.2, 0.25) is 5.02 Å². The van der Waals surface area contributed by atoms with Crippen molar-refractivity contribution >= 4 is 23.2 Å². The van der Waals surface area contributed by atoms with E-state index in [1.807, 2.05) is 35.2 Å². The van der Waals surface area contributed by atoms with Gasteiger partial charge in [0.25, 0.3) is 5.91 Å². The first-order valence-electron chi connectivity index (χ1n) is 11.9. The predicted octanol–water partition coefficient (Wildman–Crippen LogP) is 5.31. The molecule has 1 saturated heterocycles. The maximum Gasteiger partial charge on any atom is 0.272 e. The third-order valence-corrected chi connectivity index (χ3v) is 6.70. The van der Waals surface area contributed by atoms with E-state index < -0.39 is 0 Å². The fourth-order valence-corrected chi connectivity index (χ4v) is 4.60. The normalized spacial score (nSPS) is 13.5. The molecule has 0 unspecified atom stereocenters. The van der Waals surface area contributed by atoms with Gasteiger partial charge in [-0.2, -0.15) is 5.10 Å². The fourth-order valence-electron chi connectivity index (χ4n) is 4.47. The molecule has 0 radical (unpaired) electrons. The number of anilines is 1. The Labute approximate surface area is 219 Å². The Balaban J connectivity index is 1.47. The molecule has 0 spiro atoms. The van der Waals surface area contributed by atoms with Crippen molar-refractivity contribution < 1.29 is 18.7 Å². The van der Waals surface area contributed by atoms with Gasteiger partial charge in [0, 0.05) is 42.8 Å². The van der Waals surface area contributed by atoms with Crippen LogP contribution in [0.1, 0.15) is 10.5 Å². The van der Waals surface area contributed by atoms with Gasteiger partial charge < -0.3 is 19.3 Å². The van der Waals surface area contributed by atoms with E-state index in [2.05, 4.69) is 0 Å². The highest BCUT2D eigenvalue weighted by Crippen LogP contribution is 2.34. The molecular weight excluding hydrogens is 495 g/mol. The molecule has 1 aliphatic rings. The number of carbonyl (C=O) groups is 1. The predicted molar refractivity (Wildman–Crippen MR) is 142 cm³/mol. The molecule has 1 aliphatic heterocycles. The SMILES string of the molecule is COc1ccc(-c2cc(C(=O)N3CCN(c4ccccc4F)CC3)n(-c3ccc(Cl)cc3)n2)c(OC)c1. The van der Waals surface area contributed by atoms with Crippen molar-refractivity contribution in [3.05, 3.63) is 89.3 Å². The second kappa shape index (κ2) is 10.5. The minimum atomic E-state index is -0.263. The van der Waals surface area contributed by atoms with E-state index in [1.165, 1.54) is 6.07 Å². The van der Waals surface area contributed by atoms with Gasteiger partial charge in [-0.25, -0.2) is 9.07 Å². The number of halogens is 2. The summed E-state index contributed by atoms with van der Waals surface area (Å²) >= 11 is 6.10. The van der Waals surface area contributed by atoms with Gasteiger partial charge in [0.1, 0.15) is 23.0 Å². The summed E-state index contributed by atoms with van der Waals surface area (Å²) in [5.74, 6) is 0.815. The maximum absolute atomic E-state index is 14.3. The van der Waals surface area contributed by atoms with Crippen molar-refractivity contribution in [1.82, 2.24) is 14.7 Å². The van der Waals surface area contributed by atoms with Crippen LogP contribution < -0.4 is 14.4 Å². The summed E-state index contributed by atoms with van der Waals surface area (Å²) in [6.45, 7) is 1.97. The number of amides is 1. The van der Waals surface area contributed by atoms with E-state index in [-0.39, 0.29) is 11.7 Å². The van der Waals surface area contributed by atoms with Crippen molar-refractivity contribution in [3.63, 3.8) is 0 Å². The molecule has 1 fully saturated rings. The Morgan fingerprint density at radius 2 is 1.65 bits per heavy atom. The molecule has 3 aromatic carbocycles. The lowest BCUT2D eigenvalue weighted by Crippen LogP contribution is -2.49. The highest BCUT2D eigenvalue weighted by Gasteiger charge is 2.27. The summed E-state index contributed by atoms with van der Waals surface area (Å²) in [7, 11) is 3.17. The number of para-hydroxylation sites is 1. The number of hydrogen-bond donors (Lipinski definition) is 0. The number of piperazine rings is 1. The molecule has 4 aromatic rings. The van der Waals surface area contributed by atoms with E-state index >= 15 is 0 Å². The largest absolute Gasteiger partial charge is 0.497 e. The van der Waals surface area contributed by atoms with E-state index in [4.69, 9.17) is 26.2 Å². The van der Waals surface area contributed by atoms with Crippen molar-refractivity contribution in [2.24, 2.45) is 0 Å². The standard InChI is InChI=1S/C28H26ClFN4O3/c1-36-21-11-12-22(27(17-21)37-2)24-18-26(34(31-24)20-9-7-19(29)8-10-20)28(35)33-15-13-32(14-16-33)25-6-4-3-5-23(25)30/h3-12,17-18H,13-16H2,1-2H3. The third kappa shape index (κ3) is 4.97. The number of hydrogen-bond acceptors (Lipinski definition) is 5. The maximum atomic E-state index is 14.3. The summed E-state index contributed by atoms with van der Waals surface area (Å²) < 4.78 is 26.8. The van der Waals surface area contributed by atoms with Crippen LogP contribution in [-0.4, -0.2) is 61.0 Å². The van der Waals surface area contributed by atoms with Crippen molar-refractivity contribution in [2.75, 3.05) is 45.3 Å². The smallest absolute Gasteiger partial charge is 0.272 e. The van der Waals surface area contributed by atoms with E-state index in [1.54, 1.807) is 60.2 Å². The summed E-state index contributed by atoms with van der Waals surface area (Å²) in [5, 5.41) is 5.37. The van der Waals surface area contributed by atoms with E-state index in [9.17, 15) is 9.18 Å². The van der Waals surface area contributed by atoms with Gasteiger partial charge in [0.2, 0.25) is 0 Å². The van der Waals surface area contributed by atoms with Crippen LogP contribution in [-0.2, 0) is 0 Å². The second-order valence-corrected chi connectivity index (χ2v) is 9.04. The molecule has 37 heavy (non-hydrogen) atoms. The monoisotopic (exact) mass is 520 g/mol. The van der Waals surface area contributed by atoms with Crippen LogP contribution in [0.5, 0.6) is 11.5 Å². The van der Waals surface area contributed by atoms with Gasteiger partial charge >= 0.3 is 0 Å². The molecule has 7 nitrogen and oxygen atoms in total. The molecule has 0 atom stereocenters. The van der Waals surface area contributed by atoms with Crippen molar-refractivity contribution in [3.8, 4) is 28.4 Å². The van der Waals surface area contributed by atoms with Gasteiger partial charge in [-0.3, -0.25) is 4.79 Å². The van der Waals surface area contributed by atoms with Crippen molar-refractivity contribution in [2.45, 2.75) is 0 Å². The average Bonchev–Trinajstić information content (AvgIpc) is 3.38. The molecule has 190 valence electrons. The van der Waals surface area contributed by atoms with E-state index in [0.717, 1.165) is 5.56 Å². The zero-order valence-corrected chi connectivity index (χ0v) is 21.3. The first-order valence-corrected chi connectivity index (χ1v) is 12.2. The van der Waals surface area contributed by atoms with Gasteiger partial charge in [0.15, 0.2) is 0 Å². The Kier molecular flexibility index (Phi) is 7.01. The average molecular weight is 521 g/mol. The Hall–Kier alpha value is -4.04. The fraction of sp³-hybridized carbons (Fsp3) is 0.214. The van der Waals surface area contributed by atoms with Crippen LogP contribution in [0.4, 0.5) is 10.1 Å². The minimum absolute atomic E-state index is 0.158. The lowest BCUT2D eigenvalue weighted by atomic mass is 10.1. The van der Waals surface area contributed by atoms with Crippen LogP contribution >= 0.6 is 11.6 Å². The topological polar surface area (TPSA) is 59.8 Å². The molecule has 0 aliphatic carbocycles. The zero-order chi connectivity index (χ0) is 25.9. The van der Waals surface area contributed by atoms with Gasteiger partial charge in [0.05, 0.1) is 31.3 Å². The number of aromatic nitrogens is 2. The Bertz CT molecular complexity index is 1420. The van der Waals surface area contributed by atoms with Crippen LogP contribution in [0, 0.1) is 5.82 Å². The number of carbonyl (C=O) groups excluding carboxylic acids is 1. The number of methoxy groups -OCH3 is 2. The molecule has 5 rings (SSSR count). The molecular formula is C28H26ClFN4O3. The summed E-state index contributed by atoms with van der Waals surface area (Å²) in [6, 6.07) is 21.1. The summed E-state index contributed by atoms with van der Waals surface area (Å²) in [6.07, 6.45) is 0. The number of benzene rings is 3. The van der Waals surface area contributed by atoms with Crippen molar-refractivity contribution in [1.29, 1.82) is 0 Å². The highest BCUT2D eigenvalue weighted by molar-refractivity contribution is 6.30. The molecule has 0 N–H and O–H groups in total. The first kappa shape index (κ1) is 24.6. The minimum Gasteiger partial charge on any atom is -0.497 e. The lowest BCUT2D eigenvalue weighted by Gasteiger charge is -2.36. The molecule has 1 aromatic heterocycles. The first-order chi connectivity index (χ1) is 18.0. The quantitative estimate of drug-likeness (QED) is 0.345. The zero-order valence-electron chi connectivity index (χ0n) is 20.5. The third-order valence-electron chi connectivity index (χ3n) is 6.44. The summed E-state index contributed by atoms with van der Waals surface area (Å²) in [5.41, 5.74) is 2.98. The molecule has 1 amide bonds. The van der Waals surface area contributed by atoms with Crippen LogP contribution in [0.3, 0.4) is 0 Å². The molecule has 0 saturated carbocycles. The molecule has 9 heteroatoms. The van der Waals surface area contributed by atoms with Crippen LogP contribution in [0.25, 0.3) is 16.9 Å². The number of ether oxygens (including phenoxy) is 2.